The maximum atomic E-state index is 13.5. The minimum absolute atomic E-state index is 0.0701. The first-order valence-electron chi connectivity index (χ1n) is 8.23. The van der Waals surface area contributed by atoms with Gasteiger partial charge in [-0.1, -0.05) is 12.1 Å². The van der Waals surface area contributed by atoms with Crippen LogP contribution in [0.5, 0.6) is 0 Å². The van der Waals surface area contributed by atoms with E-state index in [2.05, 4.69) is 15.7 Å². The number of nitrogens with one attached hydrogen (secondary N) is 2. The molecule has 1 atom stereocenters. The zero-order valence-electron chi connectivity index (χ0n) is 14.3. The highest BCUT2D eigenvalue weighted by atomic mass is 19.1. The number of rotatable bonds is 5. The van der Waals surface area contributed by atoms with Gasteiger partial charge in [0.1, 0.15) is 5.82 Å². The molecule has 0 radical (unpaired) electrons. The number of halogens is 1. The molecule has 3 rings (SSSR count). The van der Waals surface area contributed by atoms with Gasteiger partial charge >= 0.3 is 6.03 Å². The topological polar surface area (TPSA) is 59.0 Å². The second-order valence-corrected chi connectivity index (χ2v) is 6.53. The number of benzene rings is 1. The maximum Gasteiger partial charge on any atom is 0.315 e. The molecular formula is C18H23FN4O. The van der Waals surface area contributed by atoms with E-state index >= 15 is 0 Å². The molecule has 1 aliphatic rings. The number of aromatic nitrogens is 2. The molecule has 1 fully saturated rings. The van der Waals surface area contributed by atoms with Gasteiger partial charge in [0.25, 0.3) is 0 Å². The Balaban J connectivity index is 1.64. The van der Waals surface area contributed by atoms with E-state index in [1.54, 1.807) is 23.9 Å². The normalized spacial score (nSPS) is 15.2. The van der Waals surface area contributed by atoms with Crippen LogP contribution in [0.15, 0.2) is 24.4 Å². The van der Waals surface area contributed by atoms with Crippen molar-refractivity contribution in [3.8, 4) is 0 Å². The number of urea groups is 1. The molecule has 1 saturated carbocycles. The molecule has 1 aliphatic carbocycles. The molecule has 0 bridgehead atoms. The monoisotopic (exact) mass is 330 g/mol. The molecule has 2 N–H and O–H groups in total. The summed E-state index contributed by atoms with van der Waals surface area (Å²) in [6.45, 7) is 4.15. The summed E-state index contributed by atoms with van der Waals surface area (Å²) in [5.74, 6) is 0.213. The van der Waals surface area contributed by atoms with E-state index in [1.807, 2.05) is 20.0 Å². The predicted molar refractivity (Wildman–Crippen MR) is 89.9 cm³/mol. The number of hydrogen-bond donors (Lipinski definition) is 2. The molecule has 0 spiro atoms. The maximum absolute atomic E-state index is 13.5. The van der Waals surface area contributed by atoms with Gasteiger partial charge in [-0.15, -0.1) is 0 Å². The van der Waals surface area contributed by atoms with E-state index in [1.165, 1.54) is 6.07 Å². The minimum atomic E-state index is -0.218. The van der Waals surface area contributed by atoms with Crippen LogP contribution in [0.25, 0.3) is 0 Å². The van der Waals surface area contributed by atoms with Crippen molar-refractivity contribution >= 4 is 6.03 Å². The molecule has 0 saturated heterocycles. The van der Waals surface area contributed by atoms with Crippen LogP contribution in [0.4, 0.5) is 9.18 Å². The van der Waals surface area contributed by atoms with Gasteiger partial charge < -0.3 is 10.6 Å². The van der Waals surface area contributed by atoms with Crippen LogP contribution in [0.1, 0.15) is 41.3 Å². The minimum Gasteiger partial charge on any atom is -0.334 e. The molecule has 1 aromatic carbocycles. The third-order valence-electron chi connectivity index (χ3n) is 4.70. The number of carbonyl (C=O) groups is 1. The van der Waals surface area contributed by atoms with Gasteiger partial charge in [0, 0.05) is 24.8 Å². The zero-order valence-corrected chi connectivity index (χ0v) is 14.3. The van der Waals surface area contributed by atoms with E-state index in [0.717, 1.165) is 29.7 Å². The van der Waals surface area contributed by atoms with Crippen molar-refractivity contribution in [3.05, 3.63) is 52.6 Å². The van der Waals surface area contributed by atoms with Crippen LogP contribution in [0.3, 0.4) is 0 Å². The summed E-state index contributed by atoms with van der Waals surface area (Å²) in [6, 6.07) is 4.77. The summed E-state index contributed by atoms with van der Waals surface area (Å²) in [6.07, 6.45) is 3.93. The van der Waals surface area contributed by atoms with Crippen LogP contribution in [-0.4, -0.2) is 15.8 Å². The quantitative estimate of drug-likeness (QED) is 0.885. The number of hydrogen-bond acceptors (Lipinski definition) is 2. The van der Waals surface area contributed by atoms with Gasteiger partial charge in [0.2, 0.25) is 0 Å². The molecule has 5 nitrogen and oxygen atoms in total. The Morgan fingerprint density at radius 3 is 2.75 bits per heavy atom. The summed E-state index contributed by atoms with van der Waals surface area (Å²) in [5, 5.41) is 10.1. The van der Waals surface area contributed by atoms with Crippen LogP contribution < -0.4 is 10.6 Å². The van der Waals surface area contributed by atoms with Crippen molar-refractivity contribution in [2.45, 2.75) is 39.3 Å². The third kappa shape index (κ3) is 3.58. The predicted octanol–water partition coefficient (Wildman–Crippen LogP) is 3.13. The lowest BCUT2D eigenvalue weighted by molar-refractivity contribution is 0.235. The summed E-state index contributed by atoms with van der Waals surface area (Å²) < 4.78 is 15.3. The Labute approximate surface area is 141 Å². The number of nitrogens with zero attached hydrogens (tertiary/aromatic N) is 2. The molecule has 128 valence electrons. The van der Waals surface area contributed by atoms with Gasteiger partial charge in [-0.3, -0.25) is 4.68 Å². The van der Waals surface area contributed by atoms with E-state index in [-0.39, 0.29) is 17.9 Å². The van der Waals surface area contributed by atoms with Crippen molar-refractivity contribution in [1.29, 1.82) is 0 Å². The highest BCUT2D eigenvalue weighted by Crippen LogP contribution is 2.41. The smallest absolute Gasteiger partial charge is 0.315 e. The van der Waals surface area contributed by atoms with E-state index in [0.29, 0.717) is 18.0 Å². The van der Waals surface area contributed by atoms with Crippen molar-refractivity contribution in [1.82, 2.24) is 20.4 Å². The summed E-state index contributed by atoms with van der Waals surface area (Å²) in [5.41, 5.74) is 3.59. The molecule has 1 aromatic heterocycles. The fraction of sp³-hybridized carbons (Fsp3) is 0.444. The SMILES string of the molecule is Cc1cc([C@H](NC(=O)NCc2cnn(C)c2C)C2CC2)ccc1F. The Bertz CT molecular complexity index is 751. The number of amides is 2. The Morgan fingerprint density at radius 1 is 1.42 bits per heavy atom. The first-order valence-corrected chi connectivity index (χ1v) is 8.23. The van der Waals surface area contributed by atoms with Crippen molar-refractivity contribution in [2.75, 3.05) is 0 Å². The number of aryl methyl sites for hydroxylation is 2. The fourth-order valence-electron chi connectivity index (χ4n) is 2.85. The van der Waals surface area contributed by atoms with Crippen LogP contribution in [-0.2, 0) is 13.6 Å². The van der Waals surface area contributed by atoms with E-state index in [9.17, 15) is 9.18 Å². The molecule has 24 heavy (non-hydrogen) atoms. The Morgan fingerprint density at radius 2 is 2.17 bits per heavy atom. The molecule has 2 amide bonds. The lowest BCUT2D eigenvalue weighted by Gasteiger charge is -2.20. The Hall–Kier alpha value is -2.37. The van der Waals surface area contributed by atoms with Crippen molar-refractivity contribution < 1.29 is 9.18 Å². The first kappa shape index (κ1) is 16.5. The molecule has 1 heterocycles. The molecule has 0 aliphatic heterocycles. The van der Waals surface area contributed by atoms with Crippen molar-refractivity contribution in [2.24, 2.45) is 13.0 Å². The average Bonchev–Trinajstić information content (AvgIpc) is 3.34. The Kier molecular flexibility index (Phi) is 4.55. The van der Waals surface area contributed by atoms with E-state index in [4.69, 9.17) is 0 Å². The van der Waals surface area contributed by atoms with Gasteiger partial charge in [-0.25, -0.2) is 9.18 Å². The van der Waals surface area contributed by atoms with Crippen LogP contribution in [0.2, 0.25) is 0 Å². The standard InChI is InChI=1S/C18H23FN4O/c1-11-8-14(6-7-16(11)19)17(13-4-5-13)22-18(24)20-9-15-10-21-23(3)12(15)2/h6-8,10,13,17H,4-5,9H2,1-3H3,(H2,20,22,24)/t17-/m1/s1. The van der Waals surface area contributed by atoms with Crippen molar-refractivity contribution in [3.63, 3.8) is 0 Å². The van der Waals surface area contributed by atoms with Crippen LogP contribution in [0, 0.1) is 25.6 Å². The van der Waals surface area contributed by atoms with Gasteiger partial charge in [-0.05, 0) is 49.8 Å². The van der Waals surface area contributed by atoms with Gasteiger partial charge in [0.05, 0.1) is 12.2 Å². The van der Waals surface area contributed by atoms with Gasteiger partial charge in [0.15, 0.2) is 0 Å². The highest BCUT2D eigenvalue weighted by Gasteiger charge is 2.33. The zero-order chi connectivity index (χ0) is 17.3. The summed E-state index contributed by atoms with van der Waals surface area (Å²) in [4.78, 5) is 12.3. The molecular weight excluding hydrogens is 307 g/mol. The lowest BCUT2D eigenvalue weighted by atomic mass is 10.0. The largest absolute Gasteiger partial charge is 0.334 e. The summed E-state index contributed by atoms with van der Waals surface area (Å²) in [7, 11) is 1.87. The second kappa shape index (κ2) is 6.63. The highest BCUT2D eigenvalue weighted by molar-refractivity contribution is 5.74. The lowest BCUT2D eigenvalue weighted by Crippen LogP contribution is -2.38. The molecule has 2 aromatic rings. The fourth-order valence-corrected chi connectivity index (χ4v) is 2.85. The third-order valence-corrected chi connectivity index (χ3v) is 4.70. The number of carbonyl (C=O) groups excluding carboxylic acids is 1. The van der Waals surface area contributed by atoms with E-state index < -0.39 is 0 Å². The average molecular weight is 330 g/mol. The summed E-state index contributed by atoms with van der Waals surface area (Å²) >= 11 is 0. The first-order chi connectivity index (χ1) is 11.5. The molecule has 6 heteroatoms. The molecule has 0 unspecified atom stereocenters. The van der Waals surface area contributed by atoms with Gasteiger partial charge in [-0.2, -0.15) is 5.10 Å². The van der Waals surface area contributed by atoms with Crippen LogP contribution >= 0.6 is 0 Å². The second-order valence-electron chi connectivity index (χ2n) is 6.53.